The number of urea groups is 1. The standard InChI is InChI=1S/C26H31N5O/c1-26(2,3)23-15-24(29-25(32)28-22-11-9-18-6-4-5-7-21(18)22)31(30-23)20-10-8-17-12-13-27-16-19(17)14-20/h4-8,10,14-15,22,27H,9,11-13,16H2,1-3H3,(H2,28,29,32)/t22-/m0/s1. The van der Waals surface area contributed by atoms with Crippen molar-refractivity contribution >= 4 is 11.8 Å². The number of carbonyl (C=O) groups excluding carboxylic acids is 1. The van der Waals surface area contributed by atoms with Gasteiger partial charge in [-0.25, -0.2) is 9.48 Å². The summed E-state index contributed by atoms with van der Waals surface area (Å²) in [4.78, 5) is 13.0. The summed E-state index contributed by atoms with van der Waals surface area (Å²) in [7, 11) is 0. The van der Waals surface area contributed by atoms with Crippen LogP contribution < -0.4 is 16.0 Å². The third kappa shape index (κ3) is 4.02. The van der Waals surface area contributed by atoms with Gasteiger partial charge in [0, 0.05) is 18.0 Å². The molecular formula is C26H31N5O. The largest absolute Gasteiger partial charge is 0.331 e. The molecule has 2 heterocycles. The van der Waals surface area contributed by atoms with Crippen LogP contribution in [0.1, 0.15) is 61.2 Å². The fraction of sp³-hybridized carbons (Fsp3) is 0.385. The first-order chi connectivity index (χ1) is 15.4. The van der Waals surface area contributed by atoms with Crippen LogP contribution in [0.4, 0.5) is 10.6 Å². The Bertz CT molecular complexity index is 1160. The van der Waals surface area contributed by atoms with Gasteiger partial charge in [0.2, 0.25) is 0 Å². The van der Waals surface area contributed by atoms with Gasteiger partial charge in [0.1, 0.15) is 5.82 Å². The van der Waals surface area contributed by atoms with E-state index in [1.54, 1.807) is 0 Å². The smallest absolute Gasteiger partial charge is 0.320 e. The number of hydrogen-bond donors (Lipinski definition) is 3. The summed E-state index contributed by atoms with van der Waals surface area (Å²) in [5.41, 5.74) is 6.98. The van der Waals surface area contributed by atoms with E-state index in [0.29, 0.717) is 5.82 Å². The maximum absolute atomic E-state index is 13.0. The van der Waals surface area contributed by atoms with Crippen molar-refractivity contribution in [2.45, 2.75) is 58.0 Å². The highest BCUT2D eigenvalue weighted by molar-refractivity contribution is 5.89. The Morgan fingerprint density at radius 2 is 1.91 bits per heavy atom. The van der Waals surface area contributed by atoms with Crippen LogP contribution in [0.2, 0.25) is 0 Å². The average Bonchev–Trinajstić information content (AvgIpc) is 3.38. The average molecular weight is 430 g/mol. The third-order valence-electron chi connectivity index (χ3n) is 6.48. The minimum Gasteiger partial charge on any atom is -0.331 e. The molecule has 166 valence electrons. The first-order valence-corrected chi connectivity index (χ1v) is 11.5. The number of amides is 2. The summed E-state index contributed by atoms with van der Waals surface area (Å²) in [6, 6.07) is 16.6. The third-order valence-corrected chi connectivity index (χ3v) is 6.48. The fourth-order valence-corrected chi connectivity index (χ4v) is 4.65. The van der Waals surface area contributed by atoms with Crippen molar-refractivity contribution in [3.8, 4) is 5.69 Å². The van der Waals surface area contributed by atoms with Crippen molar-refractivity contribution in [2.24, 2.45) is 0 Å². The number of aryl methyl sites for hydroxylation is 1. The molecule has 0 fully saturated rings. The fourth-order valence-electron chi connectivity index (χ4n) is 4.65. The summed E-state index contributed by atoms with van der Waals surface area (Å²) in [6.45, 7) is 8.28. The van der Waals surface area contributed by atoms with E-state index in [1.807, 2.05) is 16.8 Å². The number of carbonyl (C=O) groups is 1. The molecule has 0 bridgehead atoms. The number of fused-ring (bicyclic) bond motifs is 2. The van der Waals surface area contributed by atoms with Crippen LogP contribution in [-0.2, 0) is 24.8 Å². The molecule has 3 N–H and O–H groups in total. The number of nitrogens with zero attached hydrogens (tertiary/aromatic N) is 2. The van der Waals surface area contributed by atoms with Gasteiger partial charge in [-0.15, -0.1) is 0 Å². The summed E-state index contributed by atoms with van der Waals surface area (Å²) < 4.78 is 1.86. The van der Waals surface area contributed by atoms with Gasteiger partial charge in [-0.3, -0.25) is 5.32 Å². The van der Waals surface area contributed by atoms with Crippen LogP contribution in [0, 0.1) is 0 Å². The molecule has 0 saturated carbocycles. The number of aromatic nitrogens is 2. The lowest BCUT2D eigenvalue weighted by atomic mass is 9.92. The van der Waals surface area contributed by atoms with E-state index in [1.165, 1.54) is 22.3 Å². The number of nitrogens with one attached hydrogen (secondary N) is 3. The highest BCUT2D eigenvalue weighted by Crippen LogP contribution is 2.31. The maximum Gasteiger partial charge on any atom is 0.320 e. The lowest BCUT2D eigenvalue weighted by Crippen LogP contribution is -2.32. The molecule has 5 rings (SSSR count). The SMILES string of the molecule is CC(C)(C)c1cc(NC(=O)N[C@H]2CCc3ccccc32)n(-c2ccc3c(c2)CNCC3)n1. The van der Waals surface area contributed by atoms with Crippen molar-refractivity contribution in [3.05, 3.63) is 76.5 Å². The van der Waals surface area contributed by atoms with Crippen molar-refractivity contribution in [1.29, 1.82) is 0 Å². The van der Waals surface area contributed by atoms with Crippen molar-refractivity contribution in [3.63, 3.8) is 0 Å². The molecule has 2 aliphatic rings. The second kappa shape index (κ2) is 8.10. The van der Waals surface area contributed by atoms with Crippen molar-refractivity contribution < 1.29 is 4.79 Å². The van der Waals surface area contributed by atoms with Gasteiger partial charge >= 0.3 is 6.03 Å². The normalized spacial score (nSPS) is 17.5. The number of benzene rings is 2. The topological polar surface area (TPSA) is 71.0 Å². The van der Waals surface area contributed by atoms with Gasteiger partial charge in [0.05, 0.1) is 17.4 Å². The van der Waals surface area contributed by atoms with Gasteiger partial charge in [-0.2, -0.15) is 5.10 Å². The van der Waals surface area contributed by atoms with E-state index in [4.69, 9.17) is 5.10 Å². The van der Waals surface area contributed by atoms with Gasteiger partial charge in [-0.1, -0.05) is 51.1 Å². The molecule has 0 spiro atoms. The summed E-state index contributed by atoms with van der Waals surface area (Å²) in [5, 5.41) is 14.5. The molecule has 2 amide bonds. The van der Waals surface area contributed by atoms with Gasteiger partial charge in [-0.05, 0) is 60.2 Å². The van der Waals surface area contributed by atoms with Gasteiger partial charge < -0.3 is 10.6 Å². The minimum absolute atomic E-state index is 0.0412. The number of anilines is 1. The summed E-state index contributed by atoms with van der Waals surface area (Å²) in [6.07, 6.45) is 2.96. The molecule has 2 aromatic carbocycles. The van der Waals surface area contributed by atoms with Crippen LogP contribution in [0.5, 0.6) is 0 Å². The Morgan fingerprint density at radius 1 is 1.06 bits per heavy atom. The lowest BCUT2D eigenvalue weighted by Gasteiger charge is -2.19. The molecule has 0 saturated heterocycles. The van der Waals surface area contributed by atoms with Gasteiger partial charge in [0.25, 0.3) is 0 Å². The molecule has 0 radical (unpaired) electrons. The number of rotatable bonds is 3. The van der Waals surface area contributed by atoms with Crippen LogP contribution in [-0.4, -0.2) is 22.4 Å². The van der Waals surface area contributed by atoms with E-state index in [0.717, 1.165) is 43.7 Å². The number of hydrogen-bond acceptors (Lipinski definition) is 3. The second-order valence-electron chi connectivity index (χ2n) is 9.84. The van der Waals surface area contributed by atoms with Crippen LogP contribution in [0.25, 0.3) is 5.69 Å². The molecule has 1 aliphatic carbocycles. The molecule has 3 aromatic rings. The molecule has 6 heteroatoms. The molecule has 1 aliphatic heterocycles. The zero-order chi connectivity index (χ0) is 22.3. The molecule has 32 heavy (non-hydrogen) atoms. The predicted octanol–water partition coefficient (Wildman–Crippen LogP) is 4.62. The minimum atomic E-state index is -0.201. The van der Waals surface area contributed by atoms with E-state index < -0.39 is 0 Å². The lowest BCUT2D eigenvalue weighted by molar-refractivity contribution is 0.248. The van der Waals surface area contributed by atoms with Crippen molar-refractivity contribution in [1.82, 2.24) is 20.4 Å². The molecule has 0 unspecified atom stereocenters. The Labute approximate surface area is 189 Å². The van der Waals surface area contributed by atoms with Gasteiger partial charge in [0.15, 0.2) is 0 Å². The molecule has 6 nitrogen and oxygen atoms in total. The van der Waals surface area contributed by atoms with Crippen LogP contribution >= 0.6 is 0 Å². The predicted molar refractivity (Wildman–Crippen MR) is 127 cm³/mol. The Morgan fingerprint density at radius 3 is 2.75 bits per heavy atom. The van der Waals surface area contributed by atoms with E-state index in [-0.39, 0.29) is 17.5 Å². The zero-order valence-corrected chi connectivity index (χ0v) is 19.0. The first kappa shape index (κ1) is 20.8. The summed E-state index contributed by atoms with van der Waals surface area (Å²) >= 11 is 0. The first-order valence-electron chi connectivity index (χ1n) is 11.5. The quantitative estimate of drug-likeness (QED) is 0.569. The van der Waals surface area contributed by atoms with Crippen molar-refractivity contribution in [2.75, 3.05) is 11.9 Å². The maximum atomic E-state index is 13.0. The highest BCUT2D eigenvalue weighted by atomic mass is 16.2. The van der Waals surface area contributed by atoms with E-state index in [9.17, 15) is 4.79 Å². The summed E-state index contributed by atoms with van der Waals surface area (Å²) in [5.74, 6) is 0.683. The molecule has 1 aromatic heterocycles. The van der Waals surface area contributed by atoms with E-state index >= 15 is 0 Å². The Kier molecular flexibility index (Phi) is 5.25. The molecular weight excluding hydrogens is 398 g/mol. The van der Waals surface area contributed by atoms with Crippen LogP contribution in [0.15, 0.2) is 48.5 Å². The Balaban J connectivity index is 1.42. The van der Waals surface area contributed by atoms with Crippen LogP contribution in [0.3, 0.4) is 0 Å². The monoisotopic (exact) mass is 429 g/mol. The van der Waals surface area contributed by atoms with E-state index in [2.05, 4.69) is 73.1 Å². The molecule has 1 atom stereocenters. The Hall–Kier alpha value is -3.12. The second-order valence-corrected chi connectivity index (χ2v) is 9.84. The zero-order valence-electron chi connectivity index (χ0n) is 19.0. The highest BCUT2D eigenvalue weighted by Gasteiger charge is 2.25.